The molecule has 9 heteroatoms. The van der Waals surface area contributed by atoms with Gasteiger partial charge in [0.2, 0.25) is 5.88 Å². The van der Waals surface area contributed by atoms with Gasteiger partial charge < -0.3 is 9.64 Å². The number of ether oxygens (including phenoxy) is 1. The second-order valence-electron chi connectivity index (χ2n) is 7.83. The third kappa shape index (κ3) is 3.36. The standard InChI is InChI=1S/C21H19BrFN5O2/c22-15-1-4-19(24-11-15)30-13-21-6-5-14(10-21)12-27(21)20(29)17-3-2-16(23)9-18(17)28-25-7-8-26-28/h1-4,7-9,11,14H,5-6,10,12-13H2. The van der Waals surface area contributed by atoms with Crippen molar-refractivity contribution in [2.75, 3.05) is 13.2 Å². The van der Waals surface area contributed by atoms with Gasteiger partial charge in [0.15, 0.2) is 0 Å². The molecule has 154 valence electrons. The maximum absolute atomic E-state index is 13.9. The Kier molecular flexibility index (Phi) is 4.77. The van der Waals surface area contributed by atoms with Gasteiger partial charge in [-0.05, 0) is 59.3 Å². The summed E-state index contributed by atoms with van der Waals surface area (Å²) in [6.07, 6.45) is 7.51. The first kappa shape index (κ1) is 19.2. The molecule has 2 bridgehead atoms. The van der Waals surface area contributed by atoms with Crippen LogP contribution in [0.2, 0.25) is 0 Å². The van der Waals surface area contributed by atoms with E-state index >= 15 is 0 Å². The lowest BCUT2D eigenvalue weighted by Gasteiger charge is -2.38. The molecule has 2 atom stereocenters. The Morgan fingerprint density at radius 3 is 2.83 bits per heavy atom. The lowest BCUT2D eigenvalue weighted by Crippen LogP contribution is -2.52. The number of aromatic nitrogens is 4. The minimum atomic E-state index is -0.443. The predicted molar refractivity (Wildman–Crippen MR) is 110 cm³/mol. The Morgan fingerprint density at radius 1 is 1.27 bits per heavy atom. The van der Waals surface area contributed by atoms with E-state index < -0.39 is 5.82 Å². The SMILES string of the molecule is O=C(c1ccc(F)cc1-n1nccn1)N1CC2CCC1(COc1ccc(Br)cn1)C2. The number of pyridine rings is 1. The average molecular weight is 472 g/mol. The second-order valence-corrected chi connectivity index (χ2v) is 8.75. The van der Waals surface area contributed by atoms with Crippen LogP contribution in [0.15, 0.2) is 53.4 Å². The summed E-state index contributed by atoms with van der Waals surface area (Å²) in [4.78, 5) is 21.0. The number of nitrogens with zero attached hydrogens (tertiary/aromatic N) is 5. The van der Waals surface area contributed by atoms with E-state index in [1.807, 2.05) is 11.0 Å². The maximum atomic E-state index is 13.9. The van der Waals surface area contributed by atoms with Crippen molar-refractivity contribution in [1.29, 1.82) is 0 Å². The summed E-state index contributed by atoms with van der Waals surface area (Å²) in [5.41, 5.74) is 0.319. The van der Waals surface area contributed by atoms with Crippen molar-refractivity contribution < 1.29 is 13.9 Å². The van der Waals surface area contributed by atoms with Gasteiger partial charge >= 0.3 is 0 Å². The maximum Gasteiger partial charge on any atom is 0.256 e. The summed E-state index contributed by atoms with van der Waals surface area (Å²) >= 11 is 3.37. The first-order valence-corrected chi connectivity index (χ1v) is 10.6. The normalized spacial score (nSPS) is 22.5. The van der Waals surface area contributed by atoms with Crippen LogP contribution in [0.4, 0.5) is 4.39 Å². The number of carbonyl (C=O) groups excluding carboxylic acids is 1. The molecule has 1 aromatic carbocycles. The van der Waals surface area contributed by atoms with Crippen molar-refractivity contribution in [1.82, 2.24) is 24.9 Å². The zero-order valence-corrected chi connectivity index (χ0v) is 17.6. The van der Waals surface area contributed by atoms with E-state index in [1.54, 1.807) is 12.3 Å². The quantitative estimate of drug-likeness (QED) is 0.567. The van der Waals surface area contributed by atoms with Gasteiger partial charge in [0, 0.05) is 29.3 Å². The van der Waals surface area contributed by atoms with Gasteiger partial charge in [-0.15, -0.1) is 0 Å². The van der Waals surface area contributed by atoms with Crippen LogP contribution in [-0.2, 0) is 0 Å². The van der Waals surface area contributed by atoms with Crippen LogP contribution in [0.3, 0.4) is 0 Å². The fraction of sp³-hybridized carbons (Fsp3) is 0.333. The van der Waals surface area contributed by atoms with E-state index in [0.717, 1.165) is 23.7 Å². The molecule has 5 rings (SSSR count). The Balaban J connectivity index is 1.43. The number of fused-ring (bicyclic) bond motifs is 2. The molecular weight excluding hydrogens is 453 g/mol. The Morgan fingerprint density at radius 2 is 2.10 bits per heavy atom. The van der Waals surface area contributed by atoms with E-state index in [-0.39, 0.29) is 11.4 Å². The molecule has 1 aliphatic heterocycles. The van der Waals surface area contributed by atoms with Crippen molar-refractivity contribution >= 4 is 21.8 Å². The number of halogens is 2. The van der Waals surface area contributed by atoms with E-state index in [9.17, 15) is 9.18 Å². The predicted octanol–water partition coefficient (Wildman–Crippen LogP) is 3.64. The van der Waals surface area contributed by atoms with Crippen molar-refractivity contribution in [3.8, 4) is 11.6 Å². The number of carbonyl (C=O) groups is 1. The summed E-state index contributed by atoms with van der Waals surface area (Å²) in [6, 6.07) is 7.76. The molecule has 1 saturated heterocycles. The molecule has 3 heterocycles. The molecule has 2 aliphatic rings. The van der Waals surface area contributed by atoms with Crippen LogP contribution in [0.25, 0.3) is 5.69 Å². The lowest BCUT2D eigenvalue weighted by atomic mass is 9.96. The van der Waals surface area contributed by atoms with E-state index in [4.69, 9.17) is 4.74 Å². The zero-order chi connectivity index (χ0) is 20.7. The highest BCUT2D eigenvalue weighted by atomic mass is 79.9. The van der Waals surface area contributed by atoms with Gasteiger partial charge in [0.1, 0.15) is 18.1 Å². The topological polar surface area (TPSA) is 73.1 Å². The molecule has 2 unspecified atom stereocenters. The molecule has 3 aromatic rings. The Bertz CT molecular complexity index is 1080. The highest BCUT2D eigenvalue weighted by molar-refractivity contribution is 9.10. The highest BCUT2D eigenvalue weighted by Gasteiger charge is 2.53. The van der Waals surface area contributed by atoms with Crippen LogP contribution >= 0.6 is 15.9 Å². The molecule has 0 spiro atoms. The van der Waals surface area contributed by atoms with Crippen LogP contribution < -0.4 is 4.74 Å². The first-order chi connectivity index (χ1) is 14.5. The van der Waals surface area contributed by atoms with Gasteiger partial charge in [-0.25, -0.2) is 9.37 Å². The van der Waals surface area contributed by atoms with Crippen LogP contribution in [-0.4, -0.2) is 49.5 Å². The third-order valence-corrected chi connectivity index (χ3v) is 6.43. The minimum Gasteiger partial charge on any atom is -0.475 e. The number of rotatable bonds is 5. The van der Waals surface area contributed by atoms with Crippen LogP contribution in [0.5, 0.6) is 5.88 Å². The molecule has 30 heavy (non-hydrogen) atoms. The summed E-state index contributed by atoms with van der Waals surface area (Å²) < 4.78 is 20.8. The molecular formula is C21H19BrFN5O2. The van der Waals surface area contributed by atoms with Crippen molar-refractivity contribution in [2.45, 2.75) is 24.8 Å². The highest BCUT2D eigenvalue weighted by Crippen LogP contribution is 2.47. The summed E-state index contributed by atoms with van der Waals surface area (Å²) in [7, 11) is 0. The average Bonchev–Trinajstić information content (AvgIpc) is 3.49. The summed E-state index contributed by atoms with van der Waals surface area (Å²) in [6.45, 7) is 1.04. The van der Waals surface area contributed by atoms with Gasteiger partial charge in [-0.2, -0.15) is 15.0 Å². The first-order valence-electron chi connectivity index (χ1n) is 9.77. The fourth-order valence-corrected chi connectivity index (χ4v) is 4.80. The number of hydrogen-bond acceptors (Lipinski definition) is 5. The van der Waals surface area contributed by atoms with E-state index in [0.29, 0.717) is 36.2 Å². The number of hydrogen-bond donors (Lipinski definition) is 0. The van der Waals surface area contributed by atoms with Gasteiger partial charge in [0.05, 0.1) is 23.5 Å². The monoisotopic (exact) mass is 471 g/mol. The Labute approximate surface area is 181 Å². The van der Waals surface area contributed by atoms with E-state index in [2.05, 4.69) is 31.1 Å². The fourth-order valence-electron chi connectivity index (χ4n) is 4.57. The number of piperidine rings is 1. The zero-order valence-electron chi connectivity index (χ0n) is 16.0. The molecule has 7 nitrogen and oxygen atoms in total. The van der Waals surface area contributed by atoms with E-state index in [1.165, 1.54) is 35.4 Å². The molecule has 2 aromatic heterocycles. The summed E-state index contributed by atoms with van der Waals surface area (Å²) in [5.74, 6) is 0.374. The minimum absolute atomic E-state index is 0.156. The molecule has 1 aliphatic carbocycles. The molecule has 0 radical (unpaired) electrons. The summed E-state index contributed by atoms with van der Waals surface area (Å²) in [5, 5.41) is 8.15. The van der Waals surface area contributed by atoms with Crippen LogP contribution in [0.1, 0.15) is 29.6 Å². The number of benzene rings is 1. The Hall–Kier alpha value is -2.81. The number of likely N-dealkylation sites (tertiary alicyclic amines) is 1. The smallest absolute Gasteiger partial charge is 0.256 e. The third-order valence-electron chi connectivity index (χ3n) is 5.96. The van der Waals surface area contributed by atoms with Gasteiger partial charge in [-0.3, -0.25) is 4.79 Å². The molecule has 0 N–H and O–H groups in total. The number of amides is 1. The molecule has 1 saturated carbocycles. The van der Waals surface area contributed by atoms with Crippen molar-refractivity contribution in [3.63, 3.8) is 0 Å². The molecule has 2 fully saturated rings. The largest absolute Gasteiger partial charge is 0.475 e. The van der Waals surface area contributed by atoms with Crippen LogP contribution in [0, 0.1) is 11.7 Å². The van der Waals surface area contributed by atoms with Crippen molar-refractivity contribution in [3.05, 3.63) is 64.8 Å². The second kappa shape index (κ2) is 7.46. The lowest BCUT2D eigenvalue weighted by molar-refractivity contribution is 0.0394. The van der Waals surface area contributed by atoms with Crippen molar-refractivity contribution in [2.24, 2.45) is 5.92 Å². The van der Waals surface area contributed by atoms with Gasteiger partial charge in [-0.1, -0.05) is 0 Å². The molecule has 1 amide bonds. The van der Waals surface area contributed by atoms with Gasteiger partial charge in [0.25, 0.3) is 5.91 Å².